The molecule has 2 rings (SSSR count). The van der Waals surface area contributed by atoms with Crippen LogP contribution in [0.15, 0.2) is 18.3 Å². The fourth-order valence-corrected chi connectivity index (χ4v) is 2.63. The lowest BCUT2D eigenvalue weighted by atomic mass is 10.0. The maximum Gasteiger partial charge on any atom is 0.141 e. The maximum atomic E-state index is 12.8. The van der Waals surface area contributed by atoms with Crippen LogP contribution < -0.4 is 5.73 Å². The zero-order valence-electron chi connectivity index (χ0n) is 11.2. The summed E-state index contributed by atoms with van der Waals surface area (Å²) in [5.74, 6) is -0.313. The molecular weight excluding hydrogens is 229 g/mol. The lowest BCUT2D eigenvalue weighted by molar-refractivity contribution is 0.169. The molecule has 0 aromatic carbocycles. The van der Waals surface area contributed by atoms with Crippen LogP contribution in [0.2, 0.25) is 0 Å². The largest absolute Gasteiger partial charge is 0.323 e. The third-order valence-electron chi connectivity index (χ3n) is 3.91. The molecule has 1 aromatic heterocycles. The molecule has 1 aromatic rings. The van der Waals surface area contributed by atoms with E-state index in [4.69, 9.17) is 5.73 Å². The van der Waals surface area contributed by atoms with E-state index < -0.39 is 0 Å². The molecule has 1 atom stereocenters. The number of likely N-dealkylation sites (tertiary alicyclic amines) is 1. The third-order valence-corrected chi connectivity index (χ3v) is 3.91. The van der Waals surface area contributed by atoms with E-state index in [0.717, 1.165) is 25.2 Å². The first-order valence-electron chi connectivity index (χ1n) is 6.61. The molecule has 100 valence electrons. The molecule has 0 amide bonds. The van der Waals surface area contributed by atoms with Gasteiger partial charge in [0.1, 0.15) is 5.82 Å². The monoisotopic (exact) mass is 251 g/mol. The number of aromatic nitrogens is 1. The second-order valence-electron chi connectivity index (χ2n) is 5.70. The average molecular weight is 251 g/mol. The summed E-state index contributed by atoms with van der Waals surface area (Å²) < 4.78 is 12.8. The van der Waals surface area contributed by atoms with Crippen molar-refractivity contribution >= 4 is 0 Å². The Labute approximate surface area is 108 Å². The quantitative estimate of drug-likeness (QED) is 0.894. The Kier molecular flexibility index (Phi) is 3.97. The highest BCUT2D eigenvalue weighted by Crippen LogP contribution is 2.28. The van der Waals surface area contributed by atoms with Crippen LogP contribution in [0.4, 0.5) is 4.39 Å². The van der Waals surface area contributed by atoms with Crippen molar-refractivity contribution in [2.24, 2.45) is 5.73 Å². The Morgan fingerprint density at radius 2 is 2.28 bits per heavy atom. The molecule has 4 heteroatoms. The summed E-state index contributed by atoms with van der Waals surface area (Å²) >= 11 is 0. The van der Waals surface area contributed by atoms with Gasteiger partial charge in [-0.05, 0) is 51.8 Å². The Bertz CT molecular complexity index is 389. The molecule has 3 nitrogen and oxygen atoms in total. The number of pyridine rings is 1. The predicted octanol–water partition coefficient (Wildman–Crippen LogP) is 2.49. The number of halogens is 1. The van der Waals surface area contributed by atoms with Gasteiger partial charge in [0.25, 0.3) is 0 Å². The van der Waals surface area contributed by atoms with E-state index in [0.29, 0.717) is 0 Å². The highest BCUT2D eigenvalue weighted by atomic mass is 19.1. The first-order valence-corrected chi connectivity index (χ1v) is 6.61. The van der Waals surface area contributed by atoms with Crippen LogP contribution in [0.1, 0.15) is 44.8 Å². The predicted molar refractivity (Wildman–Crippen MR) is 70.6 cm³/mol. The molecule has 1 aliphatic rings. The molecule has 0 saturated carbocycles. The molecular formula is C14H22FN3. The smallest absolute Gasteiger partial charge is 0.141 e. The van der Waals surface area contributed by atoms with E-state index >= 15 is 0 Å². The summed E-state index contributed by atoms with van der Waals surface area (Å²) in [6.45, 7) is 6.69. The number of nitrogens with zero attached hydrogens (tertiary/aromatic N) is 2. The van der Waals surface area contributed by atoms with Crippen LogP contribution in [0.5, 0.6) is 0 Å². The van der Waals surface area contributed by atoms with Gasteiger partial charge in [0.15, 0.2) is 0 Å². The maximum absolute atomic E-state index is 12.8. The number of rotatable bonds is 4. The number of hydrogen-bond acceptors (Lipinski definition) is 3. The second-order valence-corrected chi connectivity index (χ2v) is 5.70. The third kappa shape index (κ3) is 3.06. The van der Waals surface area contributed by atoms with Crippen molar-refractivity contribution in [2.75, 3.05) is 13.1 Å². The van der Waals surface area contributed by atoms with Crippen molar-refractivity contribution in [1.29, 1.82) is 0 Å². The zero-order valence-corrected chi connectivity index (χ0v) is 11.2. The molecule has 2 heterocycles. The fourth-order valence-electron chi connectivity index (χ4n) is 2.63. The van der Waals surface area contributed by atoms with Gasteiger partial charge in [-0.25, -0.2) is 4.39 Å². The summed E-state index contributed by atoms with van der Waals surface area (Å²) in [5.41, 5.74) is 7.16. The lowest BCUT2D eigenvalue weighted by Crippen LogP contribution is -2.39. The molecule has 0 spiro atoms. The van der Waals surface area contributed by atoms with E-state index in [1.165, 1.54) is 25.1 Å². The van der Waals surface area contributed by atoms with Gasteiger partial charge >= 0.3 is 0 Å². The van der Waals surface area contributed by atoms with Crippen molar-refractivity contribution < 1.29 is 4.39 Å². The van der Waals surface area contributed by atoms with Gasteiger partial charge in [-0.2, -0.15) is 0 Å². The van der Waals surface area contributed by atoms with Gasteiger partial charge in [0.05, 0.1) is 11.9 Å². The van der Waals surface area contributed by atoms with Gasteiger partial charge in [-0.3, -0.25) is 9.88 Å². The van der Waals surface area contributed by atoms with Crippen LogP contribution in [-0.4, -0.2) is 28.5 Å². The number of hydrogen-bond donors (Lipinski definition) is 1. The van der Waals surface area contributed by atoms with Gasteiger partial charge in [-0.15, -0.1) is 0 Å². The molecule has 0 bridgehead atoms. The molecule has 18 heavy (non-hydrogen) atoms. The first kappa shape index (κ1) is 13.4. The Morgan fingerprint density at radius 3 is 2.83 bits per heavy atom. The van der Waals surface area contributed by atoms with E-state index in [9.17, 15) is 4.39 Å². The van der Waals surface area contributed by atoms with Gasteiger partial charge in [-0.1, -0.05) is 0 Å². The highest BCUT2D eigenvalue weighted by Gasteiger charge is 2.31. The molecule has 1 aliphatic heterocycles. The summed E-state index contributed by atoms with van der Waals surface area (Å²) in [4.78, 5) is 6.52. The van der Waals surface area contributed by atoms with Crippen LogP contribution in [0.25, 0.3) is 0 Å². The minimum atomic E-state index is -0.313. The normalized spacial score (nSPS) is 21.1. The van der Waals surface area contributed by atoms with E-state index in [1.807, 2.05) is 0 Å². The standard InChI is InChI=1S/C14H22FN3/c1-14(2)7-3-8-18(14)9-6-12(16)13-5-4-11(15)10-17-13/h4-5,10,12H,3,6-9,16H2,1-2H3. The average Bonchev–Trinajstić information content (AvgIpc) is 2.66. The molecule has 1 saturated heterocycles. The summed E-state index contributed by atoms with van der Waals surface area (Å²) in [6, 6.07) is 2.99. The van der Waals surface area contributed by atoms with Crippen LogP contribution in [-0.2, 0) is 0 Å². The van der Waals surface area contributed by atoms with Crippen molar-refractivity contribution in [1.82, 2.24) is 9.88 Å². The summed E-state index contributed by atoms with van der Waals surface area (Å²) in [6.07, 6.45) is 4.60. The first-order chi connectivity index (χ1) is 8.49. The molecule has 2 N–H and O–H groups in total. The molecule has 1 unspecified atom stereocenters. The van der Waals surface area contributed by atoms with Crippen LogP contribution >= 0.6 is 0 Å². The van der Waals surface area contributed by atoms with Crippen LogP contribution in [0, 0.1) is 5.82 Å². The minimum Gasteiger partial charge on any atom is -0.323 e. The Balaban J connectivity index is 1.88. The summed E-state index contributed by atoms with van der Waals surface area (Å²) in [5, 5.41) is 0. The van der Waals surface area contributed by atoms with Crippen molar-refractivity contribution in [3.8, 4) is 0 Å². The molecule has 0 aliphatic carbocycles. The fraction of sp³-hybridized carbons (Fsp3) is 0.643. The SMILES string of the molecule is CC1(C)CCCN1CCC(N)c1ccc(F)cn1. The van der Waals surface area contributed by atoms with Gasteiger partial charge in [0, 0.05) is 18.1 Å². The second kappa shape index (κ2) is 5.33. The van der Waals surface area contributed by atoms with Crippen molar-refractivity contribution in [3.63, 3.8) is 0 Å². The van der Waals surface area contributed by atoms with Crippen molar-refractivity contribution in [2.45, 2.75) is 44.7 Å². The van der Waals surface area contributed by atoms with Gasteiger partial charge in [0.2, 0.25) is 0 Å². The number of nitrogens with two attached hydrogens (primary N) is 1. The van der Waals surface area contributed by atoms with Crippen LogP contribution in [0.3, 0.4) is 0 Å². The van der Waals surface area contributed by atoms with E-state index in [1.54, 1.807) is 6.07 Å². The lowest BCUT2D eigenvalue weighted by Gasteiger charge is -2.32. The Hall–Kier alpha value is -1.00. The minimum absolute atomic E-state index is 0.109. The van der Waals surface area contributed by atoms with E-state index in [2.05, 4.69) is 23.7 Å². The molecule has 0 radical (unpaired) electrons. The zero-order chi connectivity index (χ0) is 13.2. The topological polar surface area (TPSA) is 42.1 Å². The Morgan fingerprint density at radius 1 is 1.50 bits per heavy atom. The summed E-state index contributed by atoms with van der Waals surface area (Å²) in [7, 11) is 0. The van der Waals surface area contributed by atoms with Gasteiger partial charge < -0.3 is 5.73 Å². The van der Waals surface area contributed by atoms with E-state index in [-0.39, 0.29) is 17.4 Å². The highest BCUT2D eigenvalue weighted by molar-refractivity contribution is 5.09. The molecule has 1 fully saturated rings. The van der Waals surface area contributed by atoms with Crippen molar-refractivity contribution in [3.05, 3.63) is 29.8 Å².